The van der Waals surface area contributed by atoms with E-state index in [4.69, 9.17) is 9.84 Å². The fourth-order valence-electron chi connectivity index (χ4n) is 2.14. The Morgan fingerprint density at radius 1 is 1.40 bits per heavy atom. The second-order valence-electron chi connectivity index (χ2n) is 4.70. The number of rotatable bonds is 4. The predicted molar refractivity (Wildman–Crippen MR) is 79.3 cm³/mol. The molecule has 2 N–H and O–H groups in total. The number of halogens is 1. The Balaban J connectivity index is 2.64. The van der Waals surface area contributed by atoms with Gasteiger partial charge in [0, 0.05) is 15.6 Å². The summed E-state index contributed by atoms with van der Waals surface area (Å²) >= 11 is 3.44. The van der Waals surface area contributed by atoms with E-state index in [1.54, 1.807) is 7.11 Å². The molecular formula is C14H15BrN2O3. The Labute approximate surface area is 125 Å². The Kier molecular flexibility index (Phi) is 4.13. The molecule has 0 bridgehead atoms. The third kappa shape index (κ3) is 2.70. The van der Waals surface area contributed by atoms with Gasteiger partial charge in [0.1, 0.15) is 11.4 Å². The topological polar surface area (TPSA) is 75.2 Å². The minimum absolute atomic E-state index is 0.0636. The van der Waals surface area contributed by atoms with Crippen molar-refractivity contribution in [2.24, 2.45) is 0 Å². The van der Waals surface area contributed by atoms with E-state index in [0.29, 0.717) is 5.69 Å². The maximum atomic E-state index is 10.9. The highest BCUT2D eigenvalue weighted by Gasteiger charge is 2.18. The van der Waals surface area contributed by atoms with Gasteiger partial charge in [-0.2, -0.15) is 5.10 Å². The van der Waals surface area contributed by atoms with Crippen LogP contribution in [0.1, 0.15) is 35.8 Å². The summed E-state index contributed by atoms with van der Waals surface area (Å²) in [5, 5.41) is 15.6. The van der Waals surface area contributed by atoms with Crippen LogP contribution in [-0.2, 0) is 0 Å². The number of H-pyrrole nitrogens is 1. The Morgan fingerprint density at radius 2 is 2.10 bits per heavy atom. The Morgan fingerprint density at radius 3 is 2.60 bits per heavy atom. The summed E-state index contributed by atoms with van der Waals surface area (Å²) in [5.41, 5.74) is 2.51. The molecule has 0 saturated carbocycles. The monoisotopic (exact) mass is 338 g/mol. The molecule has 2 rings (SSSR count). The standard InChI is InChI=1S/C14H15BrN2O3/c1-7(2)13-9(4-8(15)5-12(13)20-3)10-6-11(14(18)19)17-16-10/h4-7H,1-3H3,(H,16,17)(H,18,19). The molecule has 2 aromatic rings. The first kappa shape index (κ1) is 14.6. The lowest BCUT2D eigenvalue weighted by atomic mass is 9.94. The zero-order valence-corrected chi connectivity index (χ0v) is 13.0. The molecule has 0 amide bonds. The number of methoxy groups -OCH3 is 1. The maximum absolute atomic E-state index is 10.9. The van der Waals surface area contributed by atoms with Gasteiger partial charge < -0.3 is 9.84 Å². The molecule has 1 heterocycles. The summed E-state index contributed by atoms with van der Waals surface area (Å²) in [6.07, 6.45) is 0. The van der Waals surface area contributed by atoms with Gasteiger partial charge in [-0.15, -0.1) is 0 Å². The van der Waals surface area contributed by atoms with Crippen molar-refractivity contribution in [3.63, 3.8) is 0 Å². The van der Waals surface area contributed by atoms with Gasteiger partial charge in [0.15, 0.2) is 0 Å². The molecule has 1 aromatic heterocycles. The van der Waals surface area contributed by atoms with Crippen LogP contribution in [0.3, 0.4) is 0 Å². The van der Waals surface area contributed by atoms with Crippen LogP contribution in [0.4, 0.5) is 0 Å². The van der Waals surface area contributed by atoms with Gasteiger partial charge in [-0.1, -0.05) is 29.8 Å². The van der Waals surface area contributed by atoms with E-state index in [1.165, 1.54) is 6.07 Å². The summed E-state index contributed by atoms with van der Waals surface area (Å²) in [7, 11) is 1.62. The number of hydrogen-bond acceptors (Lipinski definition) is 3. The largest absolute Gasteiger partial charge is 0.496 e. The quantitative estimate of drug-likeness (QED) is 0.891. The fraction of sp³-hybridized carbons (Fsp3) is 0.286. The minimum atomic E-state index is -1.03. The van der Waals surface area contributed by atoms with Crippen LogP contribution in [0.2, 0.25) is 0 Å². The van der Waals surface area contributed by atoms with Crippen molar-refractivity contribution in [2.75, 3.05) is 7.11 Å². The van der Waals surface area contributed by atoms with E-state index >= 15 is 0 Å². The Hall–Kier alpha value is -1.82. The average Bonchev–Trinajstić information content (AvgIpc) is 2.86. The van der Waals surface area contributed by atoms with E-state index in [-0.39, 0.29) is 11.6 Å². The van der Waals surface area contributed by atoms with E-state index in [1.807, 2.05) is 12.1 Å². The molecule has 0 atom stereocenters. The van der Waals surface area contributed by atoms with E-state index < -0.39 is 5.97 Å². The zero-order chi connectivity index (χ0) is 14.9. The molecule has 1 aromatic carbocycles. The first-order valence-electron chi connectivity index (χ1n) is 6.10. The van der Waals surface area contributed by atoms with Crippen LogP contribution >= 0.6 is 15.9 Å². The lowest BCUT2D eigenvalue weighted by Crippen LogP contribution is -1.98. The third-order valence-corrected chi connectivity index (χ3v) is 3.45. The normalized spacial score (nSPS) is 10.8. The van der Waals surface area contributed by atoms with Gasteiger partial charge in [-0.25, -0.2) is 4.79 Å². The van der Waals surface area contributed by atoms with Crippen LogP contribution < -0.4 is 4.74 Å². The number of carbonyl (C=O) groups is 1. The second-order valence-corrected chi connectivity index (χ2v) is 5.61. The maximum Gasteiger partial charge on any atom is 0.353 e. The smallest absolute Gasteiger partial charge is 0.353 e. The van der Waals surface area contributed by atoms with Gasteiger partial charge in [-0.05, 0) is 24.1 Å². The molecule has 0 saturated heterocycles. The molecule has 0 aliphatic carbocycles. The number of aromatic amines is 1. The van der Waals surface area contributed by atoms with Gasteiger partial charge in [0.05, 0.1) is 12.8 Å². The number of nitrogens with one attached hydrogen (secondary N) is 1. The summed E-state index contributed by atoms with van der Waals surface area (Å²) in [6.45, 7) is 4.11. The van der Waals surface area contributed by atoms with Gasteiger partial charge in [0.2, 0.25) is 0 Å². The molecule has 0 aliphatic rings. The predicted octanol–water partition coefficient (Wildman–Crippen LogP) is 3.67. The van der Waals surface area contributed by atoms with Crippen molar-refractivity contribution in [2.45, 2.75) is 19.8 Å². The molecular weight excluding hydrogens is 324 g/mol. The van der Waals surface area contributed by atoms with Gasteiger partial charge in [-0.3, -0.25) is 5.10 Å². The molecule has 0 unspecified atom stereocenters. The van der Waals surface area contributed by atoms with Crippen LogP contribution in [0, 0.1) is 0 Å². The van der Waals surface area contributed by atoms with E-state index in [9.17, 15) is 4.79 Å². The zero-order valence-electron chi connectivity index (χ0n) is 11.4. The van der Waals surface area contributed by atoms with Crippen molar-refractivity contribution in [3.8, 4) is 17.0 Å². The second kappa shape index (κ2) is 5.66. The van der Waals surface area contributed by atoms with Crippen molar-refractivity contribution in [1.82, 2.24) is 10.2 Å². The number of ether oxygens (including phenoxy) is 1. The number of carboxylic acids is 1. The molecule has 0 radical (unpaired) electrons. The molecule has 6 heteroatoms. The lowest BCUT2D eigenvalue weighted by molar-refractivity contribution is 0.0690. The fourth-order valence-corrected chi connectivity index (χ4v) is 2.58. The van der Waals surface area contributed by atoms with Crippen molar-refractivity contribution in [1.29, 1.82) is 0 Å². The van der Waals surface area contributed by atoms with E-state index in [2.05, 4.69) is 40.0 Å². The molecule has 20 heavy (non-hydrogen) atoms. The van der Waals surface area contributed by atoms with Crippen LogP contribution in [0.5, 0.6) is 5.75 Å². The minimum Gasteiger partial charge on any atom is -0.496 e. The molecule has 0 spiro atoms. The average molecular weight is 339 g/mol. The summed E-state index contributed by atoms with van der Waals surface area (Å²) < 4.78 is 6.27. The molecule has 0 aliphatic heterocycles. The highest BCUT2D eigenvalue weighted by atomic mass is 79.9. The first-order chi connectivity index (χ1) is 9.43. The third-order valence-electron chi connectivity index (χ3n) is 2.99. The van der Waals surface area contributed by atoms with E-state index in [0.717, 1.165) is 21.3 Å². The molecule has 5 nitrogen and oxygen atoms in total. The van der Waals surface area contributed by atoms with Gasteiger partial charge >= 0.3 is 5.97 Å². The van der Waals surface area contributed by atoms with Crippen LogP contribution in [-0.4, -0.2) is 28.4 Å². The summed E-state index contributed by atoms with van der Waals surface area (Å²) in [6, 6.07) is 5.33. The van der Waals surface area contributed by atoms with Crippen LogP contribution in [0.25, 0.3) is 11.3 Å². The van der Waals surface area contributed by atoms with Crippen molar-refractivity contribution >= 4 is 21.9 Å². The first-order valence-corrected chi connectivity index (χ1v) is 6.89. The Bertz CT molecular complexity index is 650. The number of benzene rings is 1. The number of nitrogens with zero attached hydrogens (tertiary/aromatic N) is 1. The lowest BCUT2D eigenvalue weighted by Gasteiger charge is -2.16. The highest BCUT2D eigenvalue weighted by Crippen LogP contribution is 2.38. The van der Waals surface area contributed by atoms with Crippen LogP contribution in [0.15, 0.2) is 22.7 Å². The number of hydrogen-bond donors (Lipinski definition) is 2. The van der Waals surface area contributed by atoms with Gasteiger partial charge in [0.25, 0.3) is 0 Å². The highest BCUT2D eigenvalue weighted by molar-refractivity contribution is 9.10. The van der Waals surface area contributed by atoms with Crippen molar-refractivity contribution < 1.29 is 14.6 Å². The summed E-state index contributed by atoms with van der Waals surface area (Å²) in [5.74, 6) is -0.0564. The molecule has 0 fully saturated rings. The summed E-state index contributed by atoms with van der Waals surface area (Å²) in [4.78, 5) is 10.9. The SMILES string of the molecule is COc1cc(Br)cc(-c2cc(C(=O)O)[nH]n2)c1C(C)C. The molecule has 106 valence electrons. The number of aromatic carboxylic acids is 1. The number of aromatic nitrogens is 2. The van der Waals surface area contributed by atoms with Crippen molar-refractivity contribution in [3.05, 3.63) is 33.9 Å². The number of carboxylic acid groups (broad SMARTS) is 1.